The SMILES string of the molecule is CCCCN1C=CN(c2[c-]ccc3c2c2cccc4c5ccccc5n3c42)[CH-]1.Cc1ccc(-c2[c-]cccc2)nc1.[Ir+3]. The first-order chi connectivity index (χ1) is 20.2. The van der Waals surface area contributed by atoms with E-state index >= 15 is 0 Å². The van der Waals surface area contributed by atoms with Gasteiger partial charge >= 0.3 is 20.1 Å². The Kier molecular flexibility index (Phi) is 7.97. The summed E-state index contributed by atoms with van der Waals surface area (Å²) < 4.78 is 2.42. The van der Waals surface area contributed by atoms with E-state index in [9.17, 15) is 0 Å². The molecule has 0 aliphatic carbocycles. The zero-order valence-electron chi connectivity index (χ0n) is 23.7. The zero-order chi connectivity index (χ0) is 27.8. The van der Waals surface area contributed by atoms with Gasteiger partial charge in [-0.05, 0) is 55.0 Å². The van der Waals surface area contributed by atoms with E-state index in [1.54, 1.807) is 0 Å². The molecule has 5 heteroatoms. The Balaban J connectivity index is 0.000000191. The molecule has 0 bridgehead atoms. The van der Waals surface area contributed by atoms with Gasteiger partial charge in [-0.15, -0.1) is 42.0 Å². The molecular weight excluding hydrogens is 693 g/mol. The summed E-state index contributed by atoms with van der Waals surface area (Å²) in [4.78, 5) is 8.79. The van der Waals surface area contributed by atoms with Crippen LogP contribution in [0.1, 0.15) is 25.3 Å². The predicted molar refractivity (Wildman–Crippen MR) is 171 cm³/mol. The van der Waals surface area contributed by atoms with Crippen LogP contribution in [0.2, 0.25) is 0 Å². The van der Waals surface area contributed by atoms with Crippen LogP contribution in [0.5, 0.6) is 0 Å². The number of fused-ring (bicyclic) bond motifs is 6. The van der Waals surface area contributed by atoms with Gasteiger partial charge in [-0.3, -0.25) is 0 Å². The molecule has 8 rings (SSSR count). The first kappa shape index (κ1) is 28.0. The summed E-state index contributed by atoms with van der Waals surface area (Å²) in [6.07, 6.45) is 8.58. The average molecular weight is 724 g/mol. The Morgan fingerprint density at radius 3 is 2.43 bits per heavy atom. The number of anilines is 1. The van der Waals surface area contributed by atoms with Gasteiger partial charge in [-0.1, -0.05) is 78.5 Å². The van der Waals surface area contributed by atoms with Crippen LogP contribution in [0, 0.1) is 25.7 Å². The molecule has 4 heterocycles. The van der Waals surface area contributed by atoms with Crippen molar-refractivity contribution >= 4 is 43.8 Å². The van der Waals surface area contributed by atoms with E-state index < -0.39 is 0 Å². The Labute approximate surface area is 260 Å². The fourth-order valence-electron chi connectivity index (χ4n) is 5.78. The topological polar surface area (TPSA) is 23.8 Å². The Hall–Kier alpha value is -4.18. The van der Waals surface area contributed by atoms with Crippen LogP contribution < -0.4 is 4.90 Å². The maximum Gasteiger partial charge on any atom is 3.00 e. The molecule has 1 aliphatic heterocycles. The smallest absolute Gasteiger partial charge is 0.508 e. The summed E-state index contributed by atoms with van der Waals surface area (Å²) >= 11 is 0. The molecule has 0 unspecified atom stereocenters. The van der Waals surface area contributed by atoms with E-state index in [4.69, 9.17) is 0 Å². The van der Waals surface area contributed by atoms with Gasteiger partial charge in [0.05, 0.1) is 5.52 Å². The quantitative estimate of drug-likeness (QED) is 0.166. The normalized spacial score (nSPS) is 12.8. The van der Waals surface area contributed by atoms with Crippen LogP contribution in [0.4, 0.5) is 5.69 Å². The van der Waals surface area contributed by atoms with Crippen molar-refractivity contribution in [3.05, 3.63) is 134 Å². The minimum Gasteiger partial charge on any atom is -0.508 e. The predicted octanol–water partition coefficient (Wildman–Crippen LogP) is 9.00. The molecule has 208 valence electrons. The van der Waals surface area contributed by atoms with Crippen molar-refractivity contribution in [1.82, 2.24) is 14.3 Å². The summed E-state index contributed by atoms with van der Waals surface area (Å²) in [5, 5.41) is 5.20. The number of pyridine rings is 1. The Bertz CT molecular complexity index is 1980. The first-order valence-electron chi connectivity index (χ1n) is 14.3. The molecular formula is C37H31IrN4. The number of aromatic nitrogens is 2. The second-order valence-electron chi connectivity index (χ2n) is 10.6. The summed E-state index contributed by atoms with van der Waals surface area (Å²) in [5.41, 5.74) is 8.15. The van der Waals surface area contributed by atoms with Gasteiger partial charge in [0.2, 0.25) is 0 Å². The van der Waals surface area contributed by atoms with Crippen LogP contribution in [0.25, 0.3) is 49.4 Å². The standard InChI is InChI=1S/C25H21N3.C12H10N.Ir/c1-2-3-14-26-15-16-27(17-26)22-12-7-13-23-24(22)20-10-6-9-19-18-8-4-5-11-21(18)28(23)25(19)20;1-10-7-8-12(13-9-10)11-5-3-2-4-6-11;/h4-11,13,15-17H,2-3,14H2,1H3;2-5,7-9H,1H3;/q-2;-1;+3. The van der Waals surface area contributed by atoms with Crippen molar-refractivity contribution in [3.63, 3.8) is 0 Å². The summed E-state index contributed by atoms with van der Waals surface area (Å²) in [7, 11) is 0. The monoisotopic (exact) mass is 724 g/mol. The van der Waals surface area contributed by atoms with Crippen molar-refractivity contribution in [2.45, 2.75) is 26.7 Å². The molecule has 4 nitrogen and oxygen atoms in total. The van der Waals surface area contributed by atoms with E-state index in [0.717, 1.165) is 23.5 Å². The number of benzene rings is 4. The van der Waals surface area contributed by atoms with Gasteiger partial charge in [-0.25, -0.2) is 0 Å². The maximum atomic E-state index is 4.32. The van der Waals surface area contributed by atoms with Gasteiger partial charge < -0.3 is 19.2 Å². The fourth-order valence-corrected chi connectivity index (χ4v) is 5.78. The second-order valence-corrected chi connectivity index (χ2v) is 10.6. The largest absolute Gasteiger partial charge is 3.00 e. The van der Waals surface area contributed by atoms with E-state index in [2.05, 4.69) is 118 Å². The van der Waals surface area contributed by atoms with Crippen LogP contribution in [-0.4, -0.2) is 20.8 Å². The molecule has 0 saturated heterocycles. The molecule has 42 heavy (non-hydrogen) atoms. The van der Waals surface area contributed by atoms with Crippen LogP contribution in [-0.2, 0) is 20.1 Å². The molecule has 0 radical (unpaired) electrons. The van der Waals surface area contributed by atoms with E-state index in [0.29, 0.717) is 0 Å². The third-order valence-corrected chi connectivity index (χ3v) is 7.78. The Morgan fingerprint density at radius 2 is 1.62 bits per heavy atom. The van der Waals surface area contributed by atoms with E-state index in [1.165, 1.54) is 56.5 Å². The van der Waals surface area contributed by atoms with Crippen molar-refractivity contribution in [1.29, 1.82) is 0 Å². The Morgan fingerprint density at radius 1 is 0.786 bits per heavy atom. The van der Waals surface area contributed by atoms with Crippen molar-refractivity contribution in [2.75, 3.05) is 11.4 Å². The number of aryl methyl sites for hydroxylation is 1. The second kappa shape index (κ2) is 12.0. The molecule has 7 aromatic rings. The molecule has 0 fully saturated rings. The molecule has 0 N–H and O–H groups in total. The third-order valence-electron chi connectivity index (χ3n) is 7.78. The van der Waals surface area contributed by atoms with Gasteiger partial charge in [0.15, 0.2) is 0 Å². The summed E-state index contributed by atoms with van der Waals surface area (Å²) in [6.45, 7) is 7.51. The minimum atomic E-state index is 0. The molecule has 3 aromatic heterocycles. The molecule has 0 spiro atoms. The number of nitrogens with zero attached hydrogens (tertiary/aromatic N) is 4. The van der Waals surface area contributed by atoms with E-state index in [1.807, 2.05) is 43.5 Å². The number of para-hydroxylation sites is 2. The van der Waals surface area contributed by atoms with Crippen molar-refractivity contribution in [2.24, 2.45) is 0 Å². The molecule has 4 aromatic carbocycles. The van der Waals surface area contributed by atoms with Crippen LogP contribution in [0.3, 0.4) is 0 Å². The molecule has 0 amide bonds. The minimum absolute atomic E-state index is 0. The van der Waals surface area contributed by atoms with Gasteiger partial charge in [0.1, 0.15) is 0 Å². The van der Waals surface area contributed by atoms with Gasteiger partial charge in [-0.2, -0.15) is 18.8 Å². The van der Waals surface area contributed by atoms with Crippen LogP contribution in [0.15, 0.2) is 110 Å². The number of rotatable bonds is 5. The summed E-state index contributed by atoms with van der Waals surface area (Å²) in [5.74, 6) is 0. The zero-order valence-corrected chi connectivity index (χ0v) is 26.1. The molecule has 0 saturated carbocycles. The fraction of sp³-hybridized carbons (Fsp3) is 0.135. The maximum absolute atomic E-state index is 4.32. The van der Waals surface area contributed by atoms with Gasteiger partial charge in [0.25, 0.3) is 0 Å². The average Bonchev–Trinajstić information content (AvgIpc) is 3.73. The molecule has 1 aliphatic rings. The van der Waals surface area contributed by atoms with Gasteiger partial charge in [0, 0.05) is 22.5 Å². The van der Waals surface area contributed by atoms with Crippen molar-refractivity contribution in [3.8, 4) is 11.3 Å². The van der Waals surface area contributed by atoms with Crippen LogP contribution >= 0.6 is 0 Å². The molecule has 0 atom stereocenters. The first-order valence-corrected chi connectivity index (χ1v) is 14.3. The number of hydrogen-bond acceptors (Lipinski definition) is 3. The number of hydrogen-bond donors (Lipinski definition) is 0. The summed E-state index contributed by atoms with van der Waals surface area (Å²) in [6, 6.07) is 38.2. The number of unbranched alkanes of at least 4 members (excludes halogenated alkanes) is 1. The third kappa shape index (κ3) is 4.93. The van der Waals surface area contributed by atoms with Crippen molar-refractivity contribution < 1.29 is 20.1 Å². The van der Waals surface area contributed by atoms with E-state index in [-0.39, 0.29) is 20.1 Å².